The molecule has 2 heterocycles. The van der Waals surface area contributed by atoms with Crippen LogP contribution in [-0.2, 0) is 9.53 Å². The molecular formula is C26H26N2O7S. The van der Waals surface area contributed by atoms with Crippen LogP contribution in [0.25, 0.3) is 6.08 Å². The lowest BCUT2D eigenvalue weighted by molar-refractivity contribution is -0.136. The second kappa shape index (κ2) is 10.3. The van der Waals surface area contributed by atoms with Crippen molar-refractivity contribution in [2.45, 2.75) is 13.0 Å². The first kappa shape index (κ1) is 25.1. The van der Waals surface area contributed by atoms with Crippen LogP contribution in [0.15, 0.2) is 57.5 Å². The van der Waals surface area contributed by atoms with Gasteiger partial charge in [0, 0.05) is 0 Å². The third-order valence-electron chi connectivity index (χ3n) is 5.86. The number of fused-ring (bicyclic) bond motifs is 1. The molecule has 2 aromatic carbocycles. The fourth-order valence-corrected chi connectivity index (χ4v) is 5.17. The van der Waals surface area contributed by atoms with Crippen molar-refractivity contribution >= 4 is 23.4 Å². The lowest BCUT2D eigenvalue weighted by Gasteiger charge is -2.25. The molecule has 1 atom stereocenters. The maximum absolute atomic E-state index is 13.7. The van der Waals surface area contributed by atoms with Gasteiger partial charge in [0.15, 0.2) is 27.8 Å². The van der Waals surface area contributed by atoms with E-state index in [1.165, 1.54) is 30.1 Å². The molecule has 3 aromatic rings. The van der Waals surface area contributed by atoms with Gasteiger partial charge in [-0.1, -0.05) is 23.5 Å². The molecule has 0 saturated carbocycles. The highest BCUT2D eigenvalue weighted by molar-refractivity contribution is 7.07. The Balaban J connectivity index is 1.95. The fourth-order valence-electron chi connectivity index (χ4n) is 4.12. The number of esters is 1. The second-order valence-corrected chi connectivity index (χ2v) is 8.81. The molecule has 0 amide bonds. The maximum Gasteiger partial charge on any atom is 0.338 e. The summed E-state index contributed by atoms with van der Waals surface area (Å²) in [4.78, 5) is 31.6. The number of aromatic nitrogens is 1. The molecule has 0 bridgehead atoms. The third kappa shape index (κ3) is 4.35. The van der Waals surface area contributed by atoms with Crippen LogP contribution in [0, 0.1) is 0 Å². The van der Waals surface area contributed by atoms with E-state index in [2.05, 4.69) is 4.99 Å². The van der Waals surface area contributed by atoms with Gasteiger partial charge >= 0.3 is 5.97 Å². The van der Waals surface area contributed by atoms with E-state index >= 15 is 0 Å². The first-order valence-corrected chi connectivity index (χ1v) is 11.7. The van der Waals surface area contributed by atoms with Gasteiger partial charge in [0.1, 0.15) is 0 Å². The predicted octanol–water partition coefficient (Wildman–Crippen LogP) is 2.44. The van der Waals surface area contributed by atoms with E-state index in [1.54, 1.807) is 64.7 Å². The molecule has 0 spiro atoms. The van der Waals surface area contributed by atoms with Gasteiger partial charge in [-0.25, -0.2) is 9.79 Å². The number of carbonyl (C=O) groups is 1. The topological polar surface area (TPSA) is 97.6 Å². The molecule has 1 aromatic heterocycles. The molecule has 0 fully saturated rings. The molecule has 1 aliphatic heterocycles. The maximum atomic E-state index is 13.7. The van der Waals surface area contributed by atoms with Gasteiger partial charge in [-0.3, -0.25) is 9.36 Å². The second-order valence-electron chi connectivity index (χ2n) is 7.80. The van der Waals surface area contributed by atoms with Crippen LogP contribution in [0.5, 0.6) is 23.0 Å². The molecule has 0 N–H and O–H groups in total. The number of carbonyl (C=O) groups excluding carboxylic acids is 1. The quantitative estimate of drug-likeness (QED) is 0.451. The molecule has 36 heavy (non-hydrogen) atoms. The zero-order chi connectivity index (χ0) is 26.0. The third-order valence-corrected chi connectivity index (χ3v) is 6.84. The smallest absolute Gasteiger partial charge is 0.338 e. The van der Waals surface area contributed by atoms with Crippen LogP contribution in [0.3, 0.4) is 0 Å². The molecule has 1 aliphatic rings. The van der Waals surface area contributed by atoms with Crippen molar-refractivity contribution in [3.63, 3.8) is 0 Å². The molecule has 10 heteroatoms. The minimum atomic E-state index is -0.763. The van der Waals surface area contributed by atoms with E-state index in [0.717, 1.165) is 5.56 Å². The van der Waals surface area contributed by atoms with Crippen LogP contribution in [-0.4, -0.2) is 46.1 Å². The van der Waals surface area contributed by atoms with Gasteiger partial charge in [0.2, 0.25) is 0 Å². The summed E-state index contributed by atoms with van der Waals surface area (Å²) in [7, 11) is 7.48. The molecule has 0 saturated heterocycles. The van der Waals surface area contributed by atoms with E-state index in [4.69, 9.17) is 23.7 Å². The van der Waals surface area contributed by atoms with Gasteiger partial charge in [-0.15, -0.1) is 0 Å². The standard InChI is InChI=1S/C26H26N2O7S/c1-14-22(25(30)35-6)23(16-8-10-18(32-3)20(13-16)34-5)28-24(29)21(36-26(28)27-14)12-15-7-9-17(31-2)19(11-15)33-4/h7-13,23H,1-6H3/b21-12+/t23-/m0/s1. The van der Waals surface area contributed by atoms with Gasteiger partial charge in [-0.2, -0.15) is 0 Å². The number of rotatable bonds is 7. The minimum Gasteiger partial charge on any atom is -0.493 e. The number of benzene rings is 2. The monoisotopic (exact) mass is 510 g/mol. The Kier molecular flexibility index (Phi) is 7.16. The van der Waals surface area contributed by atoms with E-state index in [1.807, 2.05) is 6.07 Å². The van der Waals surface area contributed by atoms with Crippen molar-refractivity contribution in [1.82, 2.24) is 4.57 Å². The number of hydrogen-bond acceptors (Lipinski definition) is 9. The molecule has 188 valence electrons. The number of methoxy groups -OCH3 is 5. The first-order chi connectivity index (χ1) is 17.4. The molecule has 0 unspecified atom stereocenters. The van der Waals surface area contributed by atoms with Crippen LogP contribution in [0.1, 0.15) is 24.1 Å². The van der Waals surface area contributed by atoms with Crippen molar-refractivity contribution in [2.75, 3.05) is 35.5 Å². The summed E-state index contributed by atoms with van der Waals surface area (Å²) < 4.78 is 28.5. The molecule has 0 aliphatic carbocycles. The molecule has 0 radical (unpaired) electrons. The number of hydrogen-bond donors (Lipinski definition) is 0. The Morgan fingerprint density at radius 2 is 1.53 bits per heavy atom. The highest BCUT2D eigenvalue weighted by atomic mass is 32.1. The predicted molar refractivity (Wildman–Crippen MR) is 135 cm³/mol. The van der Waals surface area contributed by atoms with E-state index < -0.39 is 12.0 Å². The normalized spacial score (nSPS) is 15.2. The van der Waals surface area contributed by atoms with Crippen LogP contribution < -0.4 is 33.8 Å². The Bertz CT molecular complexity index is 1530. The number of nitrogens with zero attached hydrogens (tertiary/aromatic N) is 2. The largest absolute Gasteiger partial charge is 0.493 e. The number of ether oxygens (including phenoxy) is 5. The van der Waals surface area contributed by atoms with Gasteiger partial charge in [0.25, 0.3) is 5.56 Å². The van der Waals surface area contributed by atoms with Crippen LogP contribution in [0.4, 0.5) is 0 Å². The zero-order valence-electron chi connectivity index (χ0n) is 20.8. The number of thiazole rings is 1. The van der Waals surface area contributed by atoms with E-state index in [9.17, 15) is 9.59 Å². The van der Waals surface area contributed by atoms with Crippen molar-refractivity contribution in [3.8, 4) is 23.0 Å². The zero-order valence-corrected chi connectivity index (χ0v) is 21.6. The van der Waals surface area contributed by atoms with Gasteiger partial charge in [0.05, 0.1) is 57.4 Å². The van der Waals surface area contributed by atoms with Crippen LogP contribution in [0.2, 0.25) is 0 Å². The average Bonchev–Trinajstić information content (AvgIpc) is 3.20. The van der Waals surface area contributed by atoms with Crippen LogP contribution >= 0.6 is 11.3 Å². The van der Waals surface area contributed by atoms with Gasteiger partial charge in [-0.05, 0) is 48.4 Å². The highest BCUT2D eigenvalue weighted by Crippen LogP contribution is 2.36. The summed E-state index contributed by atoms with van der Waals surface area (Å²) in [6, 6.07) is 9.90. The molecule has 4 rings (SSSR count). The molecule has 9 nitrogen and oxygen atoms in total. The summed E-state index contributed by atoms with van der Waals surface area (Å²) >= 11 is 1.24. The summed E-state index contributed by atoms with van der Waals surface area (Å²) in [6.45, 7) is 1.73. The Hall–Kier alpha value is -4.05. The SMILES string of the molecule is COC(=O)C1=C(C)N=c2s/c(=C/c3ccc(OC)c(OC)c3)c(=O)n2[C@H]1c1ccc(OC)c(OC)c1. The van der Waals surface area contributed by atoms with Crippen molar-refractivity contribution in [3.05, 3.63) is 78.5 Å². The Morgan fingerprint density at radius 3 is 2.14 bits per heavy atom. The highest BCUT2D eigenvalue weighted by Gasteiger charge is 2.33. The average molecular weight is 511 g/mol. The summed E-state index contributed by atoms with van der Waals surface area (Å²) in [5, 5.41) is 0. The minimum absolute atomic E-state index is 0.273. The van der Waals surface area contributed by atoms with Crippen molar-refractivity contribution < 1.29 is 28.5 Å². The van der Waals surface area contributed by atoms with E-state index in [-0.39, 0.29) is 11.1 Å². The Morgan fingerprint density at radius 1 is 0.917 bits per heavy atom. The summed E-state index contributed by atoms with van der Waals surface area (Å²) in [5.41, 5.74) is 1.86. The first-order valence-electron chi connectivity index (χ1n) is 10.9. The summed E-state index contributed by atoms with van der Waals surface area (Å²) in [6.07, 6.45) is 1.76. The van der Waals surface area contributed by atoms with E-state index in [0.29, 0.717) is 43.6 Å². The van der Waals surface area contributed by atoms with Crippen molar-refractivity contribution in [2.24, 2.45) is 4.99 Å². The summed E-state index contributed by atoms with van der Waals surface area (Å²) in [5.74, 6) is 1.57. The fraction of sp³-hybridized carbons (Fsp3) is 0.269. The van der Waals surface area contributed by atoms with Crippen molar-refractivity contribution in [1.29, 1.82) is 0 Å². The molecular weight excluding hydrogens is 484 g/mol. The van der Waals surface area contributed by atoms with Gasteiger partial charge < -0.3 is 23.7 Å². The lowest BCUT2D eigenvalue weighted by Crippen LogP contribution is -2.39. The number of allylic oxidation sites excluding steroid dienone is 1. The lowest BCUT2D eigenvalue weighted by atomic mass is 9.95. The Labute approximate surface area is 211 Å².